The number of para-hydroxylation sites is 2. The molecule has 2 heterocycles. The predicted molar refractivity (Wildman–Crippen MR) is 126 cm³/mol. The molecule has 1 aromatic heterocycles. The molecule has 1 aliphatic heterocycles. The zero-order valence-electron chi connectivity index (χ0n) is 18.2. The normalized spacial score (nSPS) is 15.4. The van der Waals surface area contributed by atoms with Gasteiger partial charge >= 0.3 is 0 Å². The van der Waals surface area contributed by atoms with E-state index in [0.717, 1.165) is 11.3 Å². The lowest BCUT2D eigenvalue weighted by Gasteiger charge is -2.16. The van der Waals surface area contributed by atoms with Crippen LogP contribution in [0.3, 0.4) is 0 Å². The van der Waals surface area contributed by atoms with Gasteiger partial charge in [-0.2, -0.15) is 0 Å². The van der Waals surface area contributed by atoms with Crippen molar-refractivity contribution in [3.63, 3.8) is 0 Å². The van der Waals surface area contributed by atoms with Crippen molar-refractivity contribution in [1.29, 1.82) is 0 Å². The molecule has 8 heteroatoms. The molecule has 3 aromatic rings. The number of pyridine rings is 1. The summed E-state index contributed by atoms with van der Waals surface area (Å²) in [6, 6.07) is 18.0. The molecule has 2 aromatic carbocycles. The SMILES string of the molecule is CCOc1ccccc1Oc1ccc(CNC(=O)C2CC(=O)N(c3ccc(Cl)cc3)C2)cn1. The smallest absolute Gasteiger partial charge is 0.227 e. The number of halogens is 1. The molecule has 1 saturated heterocycles. The van der Waals surface area contributed by atoms with Gasteiger partial charge in [0.15, 0.2) is 11.5 Å². The van der Waals surface area contributed by atoms with Crippen LogP contribution in [0.25, 0.3) is 0 Å². The minimum absolute atomic E-state index is 0.0759. The van der Waals surface area contributed by atoms with Gasteiger partial charge in [-0.05, 0) is 48.9 Å². The summed E-state index contributed by atoms with van der Waals surface area (Å²) in [4.78, 5) is 31.0. The first-order chi connectivity index (χ1) is 16.0. The van der Waals surface area contributed by atoms with Gasteiger partial charge in [0.2, 0.25) is 17.7 Å². The average Bonchev–Trinajstić information content (AvgIpc) is 3.22. The fourth-order valence-corrected chi connectivity index (χ4v) is 3.71. The molecule has 1 aliphatic rings. The van der Waals surface area contributed by atoms with Crippen molar-refractivity contribution in [3.8, 4) is 17.4 Å². The standard InChI is InChI=1S/C25H24ClN3O4/c1-2-32-21-5-3-4-6-22(21)33-23-12-7-17(14-27-23)15-28-25(31)18-13-24(30)29(16-18)20-10-8-19(26)9-11-20/h3-12,14,18H,2,13,15-16H2,1H3,(H,28,31). The number of rotatable bonds is 8. The number of carbonyl (C=O) groups is 2. The maximum atomic E-state index is 12.6. The van der Waals surface area contributed by atoms with E-state index in [4.69, 9.17) is 21.1 Å². The minimum Gasteiger partial charge on any atom is -0.490 e. The fraction of sp³-hybridized carbons (Fsp3) is 0.240. The minimum atomic E-state index is -0.404. The number of carbonyl (C=O) groups excluding carboxylic acids is 2. The number of amides is 2. The summed E-state index contributed by atoms with van der Waals surface area (Å²) in [6.45, 7) is 3.11. The molecule has 33 heavy (non-hydrogen) atoms. The summed E-state index contributed by atoms with van der Waals surface area (Å²) < 4.78 is 11.4. The Bertz CT molecular complexity index is 1120. The van der Waals surface area contributed by atoms with Crippen molar-refractivity contribution < 1.29 is 19.1 Å². The Kier molecular flexibility index (Phi) is 7.10. The summed E-state index contributed by atoms with van der Waals surface area (Å²) in [5.41, 5.74) is 1.57. The van der Waals surface area contributed by atoms with E-state index >= 15 is 0 Å². The number of aromatic nitrogens is 1. The van der Waals surface area contributed by atoms with Crippen LogP contribution >= 0.6 is 11.6 Å². The van der Waals surface area contributed by atoms with Gasteiger partial charge in [0.05, 0.1) is 12.5 Å². The molecule has 1 unspecified atom stereocenters. The van der Waals surface area contributed by atoms with E-state index in [1.807, 2.05) is 37.3 Å². The molecule has 170 valence electrons. The molecule has 1 N–H and O–H groups in total. The third-order valence-corrected chi connectivity index (χ3v) is 5.51. The van der Waals surface area contributed by atoms with Crippen molar-refractivity contribution >= 4 is 29.1 Å². The van der Waals surface area contributed by atoms with Gasteiger partial charge in [-0.15, -0.1) is 0 Å². The fourth-order valence-electron chi connectivity index (χ4n) is 3.59. The number of hydrogen-bond donors (Lipinski definition) is 1. The van der Waals surface area contributed by atoms with E-state index in [2.05, 4.69) is 10.3 Å². The lowest BCUT2D eigenvalue weighted by Crippen LogP contribution is -2.32. The van der Waals surface area contributed by atoms with E-state index in [1.54, 1.807) is 41.4 Å². The van der Waals surface area contributed by atoms with Crippen LogP contribution in [0.1, 0.15) is 18.9 Å². The van der Waals surface area contributed by atoms with E-state index in [-0.39, 0.29) is 18.2 Å². The van der Waals surface area contributed by atoms with Crippen molar-refractivity contribution in [2.24, 2.45) is 5.92 Å². The highest BCUT2D eigenvalue weighted by atomic mass is 35.5. The molecule has 2 amide bonds. The topological polar surface area (TPSA) is 80.8 Å². The van der Waals surface area contributed by atoms with Crippen LogP contribution in [0.4, 0.5) is 5.69 Å². The van der Waals surface area contributed by atoms with Gasteiger partial charge in [-0.3, -0.25) is 9.59 Å². The Morgan fingerprint density at radius 1 is 1.12 bits per heavy atom. The van der Waals surface area contributed by atoms with Crippen LogP contribution in [0.15, 0.2) is 66.9 Å². The molecule has 0 radical (unpaired) electrons. The van der Waals surface area contributed by atoms with E-state index in [1.165, 1.54) is 0 Å². The molecule has 0 aliphatic carbocycles. The average molecular weight is 466 g/mol. The van der Waals surface area contributed by atoms with E-state index < -0.39 is 5.92 Å². The monoisotopic (exact) mass is 465 g/mol. The quantitative estimate of drug-likeness (QED) is 0.526. The Balaban J connectivity index is 1.31. The highest BCUT2D eigenvalue weighted by Crippen LogP contribution is 2.30. The number of anilines is 1. The number of nitrogens with zero attached hydrogens (tertiary/aromatic N) is 2. The van der Waals surface area contributed by atoms with Crippen molar-refractivity contribution in [1.82, 2.24) is 10.3 Å². The molecular weight excluding hydrogens is 442 g/mol. The van der Waals surface area contributed by atoms with E-state index in [0.29, 0.717) is 42.1 Å². The lowest BCUT2D eigenvalue weighted by atomic mass is 10.1. The summed E-state index contributed by atoms with van der Waals surface area (Å²) in [6.07, 6.45) is 1.83. The zero-order valence-corrected chi connectivity index (χ0v) is 18.9. The van der Waals surface area contributed by atoms with Crippen LogP contribution in [-0.2, 0) is 16.1 Å². The molecule has 4 rings (SSSR count). The number of hydrogen-bond acceptors (Lipinski definition) is 5. The van der Waals surface area contributed by atoms with Gasteiger partial charge < -0.3 is 19.7 Å². The molecule has 1 fully saturated rings. The molecular formula is C25H24ClN3O4. The van der Waals surface area contributed by atoms with Gasteiger partial charge in [-0.1, -0.05) is 29.8 Å². The van der Waals surface area contributed by atoms with Crippen LogP contribution < -0.4 is 19.7 Å². The molecule has 0 spiro atoms. The maximum absolute atomic E-state index is 12.6. The highest BCUT2D eigenvalue weighted by Gasteiger charge is 2.34. The first-order valence-corrected chi connectivity index (χ1v) is 11.1. The first kappa shape index (κ1) is 22.6. The molecule has 0 saturated carbocycles. The Morgan fingerprint density at radius 3 is 2.58 bits per heavy atom. The Morgan fingerprint density at radius 2 is 1.88 bits per heavy atom. The summed E-state index contributed by atoms with van der Waals surface area (Å²) in [7, 11) is 0. The largest absolute Gasteiger partial charge is 0.490 e. The van der Waals surface area contributed by atoms with Crippen molar-refractivity contribution in [2.75, 3.05) is 18.1 Å². The second kappa shape index (κ2) is 10.4. The highest BCUT2D eigenvalue weighted by molar-refractivity contribution is 6.30. The third kappa shape index (κ3) is 5.62. The van der Waals surface area contributed by atoms with Crippen LogP contribution in [0, 0.1) is 5.92 Å². The Hall–Kier alpha value is -3.58. The lowest BCUT2D eigenvalue weighted by molar-refractivity contribution is -0.126. The molecule has 0 bridgehead atoms. The number of benzene rings is 2. The third-order valence-electron chi connectivity index (χ3n) is 5.26. The van der Waals surface area contributed by atoms with Crippen molar-refractivity contribution in [2.45, 2.75) is 19.9 Å². The Labute approximate surface area is 197 Å². The van der Waals surface area contributed by atoms with Crippen molar-refractivity contribution in [3.05, 3.63) is 77.4 Å². The number of ether oxygens (including phenoxy) is 2. The van der Waals surface area contributed by atoms with Gasteiger partial charge in [0.1, 0.15) is 0 Å². The van der Waals surface area contributed by atoms with Crippen LogP contribution in [-0.4, -0.2) is 29.9 Å². The van der Waals surface area contributed by atoms with Crippen LogP contribution in [0.2, 0.25) is 5.02 Å². The van der Waals surface area contributed by atoms with Gasteiger partial charge in [0, 0.05) is 42.5 Å². The second-order valence-electron chi connectivity index (χ2n) is 7.59. The second-order valence-corrected chi connectivity index (χ2v) is 8.02. The summed E-state index contributed by atoms with van der Waals surface area (Å²) in [5.74, 6) is 1.02. The number of nitrogens with one attached hydrogen (secondary N) is 1. The summed E-state index contributed by atoms with van der Waals surface area (Å²) >= 11 is 5.92. The molecule has 7 nitrogen and oxygen atoms in total. The van der Waals surface area contributed by atoms with Crippen LogP contribution in [0.5, 0.6) is 17.4 Å². The maximum Gasteiger partial charge on any atom is 0.227 e. The zero-order chi connectivity index (χ0) is 23.2. The summed E-state index contributed by atoms with van der Waals surface area (Å²) in [5, 5.41) is 3.50. The van der Waals surface area contributed by atoms with Gasteiger partial charge in [0.25, 0.3) is 0 Å². The van der Waals surface area contributed by atoms with Gasteiger partial charge in [-0.25, -0.2) is 4.98 Å². The van der Waals surface area contributed by atoms with E-state index in [9.17, 15) is 9.59 Å². The first-order valence-electron chi connectivity index (χ1n) is 10.7. The predicted octanol–water partition coefficient (Wildman–Crippen LogP) is 4.60. The molecule has 1 atom stereocenters.